The Morgan fingerprint density at radius 1 is 0.212 bits per heavy atom. The van der Waals surface area contributed by atoms with Gasteiger partial charge in [-0.3, -0.25) is 0 Å². The van der Waals surface area contributed by atoms with E-state index in [1.807, 2.05) is 0 Å². The van der Waals surface area contributed by atoms with Crippen LogP contribution in [0.25, 0.3) is 0 Å². The van der Waals surface area contributed by atoms with E-state index in [9.17, 15) is 99.0 Å². The number of aliphatic hydroxyl groups is 10. The van der Waals surface area contributed by atoms with Gasteiger partial charge < -0.3 is 150 Å². The molecule has 0 rings (SSSR count). The number of carbonyl (C=O) groups is 10. The van der Waals surface area contributed by atoms with Crippen LogP contribution in [0.2, 0.25) is 0 Å². The molecule has 0 spiro atoms. The zero-order valence-electron chi connectivity index (χ0n) is 24.3. The second-order valence-corrected chi connectivity index (χ2v) is 7.64. The van der Waals surface area contributed by atoms with Crippen molar-refractivity contribution in [1.82, 2.24) is 0 Å². The summed E-state index contributed by atoms with van der Waals surface area (Å²) >= 11 is 0. The van der Waals surface area contributed by atoms with Gasteiger partial charge in [0.25, 0.3) is 0 Å². The molecule has 0 saturated carbocycles. The summed E-state index contributed by atoms with van der Waals surface area (Å²) in [7, 11) is 0. The fourth-order valence-corrected chi connectivity index (χ4v) is 1.29. The van der Waals surface area contributed by atoms with Crippen molar-refractivity contribution in [3.05, 3.63) is 0 Å². The van der Waals surface area contributed by atoms with Gasteiger partial charge in [0.05, 0.1) is 59.7 Å². The van der Waals surface area contributed by atoms with Crippen molar-refractivity contribution in [2.75, 3.05) is 0 Å². The molecule has 0 aromatic carbocycles. The van der Waals surface area contributed by atoms with E-state index in [4.69, 9.17) is 51.1 Å². The van der Waals surface area contributed by atoms with E-state index in [0.717, 1.165) is 0 Å². The first-order valence-corrected chi connectivity index (χ1v) is 11.2. The van der Waals surface area contributed by atoms with E-state index in [-0.39, 0.29) is 44.8 Å². The van der Waals surface area contributed by atoms with Gasteiger partial charge in [-0.05, 0) is 0 Å². The van der Waals surface area contributed by atoms with E-state index < -0.39 is 121 Å². The Balaban J connectivity index is -0.0000000964. The smallest absolute Gasteiger partial charge is 0.547 e. The van der Waals surface area contributed by atoms with Crippen LogP contribution in [0.4, 0.5) is 0 Å². The summed E-state index contributed by atoms with van der Waals surface area (Å²) in [6.07, 6.45) is -24.4. The summed E-state index contributed by atoms with van der Waals surface area (Å²) in [5.41, 5.74) is 0. The van der Waals surface area contributed by atoms with E-state index in [1.54, 1.807) is 0 Å². The van der Waals surface area contributed by atoms with E-state index in [0.29, 0.717) is 0 Å². The van der Waals surface area contributed by atoms with Crippen molar-refractivity contribution >= 4 is 59.7 Å². The van der Waals surface area contributed by atoms with Crippen LogP contribution >= 0.6 is 0 Å². The van der Waals surface area contributed by atoms with Crippen molar-refractivity contribution in [2.24, 2.45) is 0 Å². The Morgan fingerprint density at radius 2 is 0.250 bits per heavy atom. The fourth-order valence-electron chi connectivity index (χ4n) is 1.29. The maximum absolute atomic E-state index is 9.63. The molecule has 0 aliphatic rings. The molecule has 52 heavy (non-hydrogen) atoms. The molecular weight excluding hydrogens is 906 g/mol. The number of aliphatic hydroxyl groups excluding tert-OH is 10. The summed E-state index contributed by atoms with van der Waals surface area (Å²) < 4.78 is 0. The number of carboxylic acids is 10. The van der Waals surface area contributed by atoms with Gasteiger partial charge in [0.2, 0.25) is 0 Å². The Hall–Kier alpha value is -4.22. The third-order valence-electron chi connectivity index (χ3n) is 3.91. The molecule has 0 heterocycles. The molecule has 0 aromatic rings. The van der Waals surface area contributed by atoms with Crippen molar-refractivity contribution in [2.45, 2.75) is 61.0 Å². The first-order chi connectivity index (χ1) is 22.3. The number of hydrogen-bond donors (Lipinski definition) is 10. The van der Waals surface area contributed by atoms with Gasteiger partial charge in [-0.15, -0.1) is 0 Å². The van der Waals surface area contributed by atoms with Gasteiger partial charge in [-0.25, -0.2) is 0 Å². The first-order valence-electron chi connectivity index (χ1n) is 11.2. The average molecular weight is 926 g/mol. The number of carbonyl (C=O) groups excluding carboxylic acids is 10. The molecule has 30 nitrogen and oxygen atoms in total. The predicted octanol–water partition coefficient (Wildman–Crippen LogP) is -24.0. The number of aliphatic carboxylic acids is 10. The SMILES string of the molecule is O=C([O-])C(O)C(O)C(=O)[O-].O=C([O-])C(O)C(O)C(=O)[O-].O=C([O-])C(O)C(O)C(=O)[O-].O=C([O-])C(O)C(O)C(=O)[O-].O=C([O-])C(O)C(O)C(=O)[O-].[Nb+5].[Nb+5]. The summed E-state index contributed by atoms with van der Waals surface area (Å²) in [6, 6.07) is 0. The zero-order chi connectivity index (χ0) is 41.5. The maximum Gasteiger partial charge on any atom is 5.00 e. The topological polar surface area (TPSA) is 604 Å². The maximum atomic E-state index is 9.63. The normalized spacial score (nSPS) is 15.2. The molecule has 0 fully saturated rings. The minimum Gasteiger partial charge on any atom is -0.547 e. The Labute approximate surface area is 314 Å². The minimum absolute atomic E-state index is 0. The van der Waals surface area contributed by atoms with Crippen LogP contribution in [0.5, 0.6) is 0 Å². The molecule has 10 N–H and O–H groups in total. The molecule has 10 atom stereocenters. The predicted molar refractivity (Wildman–Crippen MR) is 110 cm³/mol. The first kappa shape index (κ1) is 62.9. The second kappa shape index (κ2) is 31.5. The van der Waals surface area contributed by atoms with Gasteiger partial charge in [0.1, 0.15) is 61.0 Å². The van der Waals surface area contributed by atoms with Crippen LogP contribution < -0.4 is 51.1 Å². The van der Waals surface area contributed by atoms with Crippen LogP contribution in [0.1, 0.15) is 0 Å². The molecule has 0 aromatic heterocycles. The van der Waals surface area contributed by atoms with Gasteiger partial charge in [-0.1, -0.05) is 0 Å². The Morgan fingerprint density at radius 3 is 0.269 bits per heavy atom. The monoisotopic (exact) mass is 926 g/mol. The molecule has 0 aliphatic heterocycles. The molecule has 0 saturated heterocycles. The number of hydrogen-bond acceptors (Lipinski definition) is 30. The summed E-state index contributed by atoms with van der Waals surface area (Å²) in [4.78, 5) is 96.3. The van der Waals surface area contributed by atoms with E-state index >= 15 is 0 Å². The van der Waals surface area contributed by atoms with Crippen LogP contribution in [0.3, 0.4) is 0 Å². The van der Waals surface area contributed by atoms with Crippen molar-refractivity contribution in [3.8, 4) is 0 Å². The van der Waals surface area contributed by atoms with Gasteiger partial charge in [0.15, 0.2) is 0 Å². The fraction of sp³-hybridized carbons (Fsp3) is 0.500. The Kier molecular flexibility index (Phi) is 38.1. The van der Waals surface area contributed by atoms with E-state index in [1.165, 1.54) is 0 Å². The molecule has 0 radical (unpaired) electrons. The van der Waals surface area contributed by atoms with Crippen LogP contribution in [-0.4, -0.2) is 172 Å². The van der Waals surface area contributed by atoms with Gasteiger partial charge in [0, 0.05) is 0 Å². The van der Waals surface area contributed by atoms with Gasteiger partial charge in [-0.2, -0.15) is 0 Å². The summed E-state index contributed by atoms with van der Waals surface area (Å²) in [5.74, 6) is -20.6. The molecule has 290 valence electrons. The second-order valence-electron chi connectivity index (χ2n) is 7.64. The summed E-state index contributed by atoms with van der Waals surface area (Å²) in [5, 5.41) is 179. The van der Waals surface area contributed by atoms with Crippen LogP contribution in [0, 0.1) is 0 Å². The largest absolute Gasteiger partial charge is 5.00 e. The van der Waals surface area contributed by atoms with E-state index in [2.05, 4.69) is 0 Å². The van der Waals surface area contributed by atoms with Crippen molar-refractivity contribution in [3.63, 3.8) is 0 Å². The zero-order valence-corrected chi connectivity index (χ0v) is 28.7. The standard InChI is InChI=1S/5C4H6O6.2Nb/c5*5-1(3(7)8)2(6)4(9)10;;/h5*1-2,5-6H,(H,7,8)(H,9,10);;/q;;;;;2*+5/p-10. The third kappa shape index (κ3) is 29.5. The minimum atomic E-state index is -2.44. The van der Waals surface area contributed by atoms with Crippen molar-refractivity contribution < 1.29 is 195 Å². The Bertz CT molecular complexity index is 890. The summed E-state index contributed by atoms with van der Waals surface area (Å²) in [6.45, 7) is 0. The molecule has 0 aliphatic carbocycles. The molecule has 32 heteroatoms. The number of rotatable bonds is 15. The quantitative estimate of drug-likeness (QED) is 0.0682. The van der Waals surface area contributed by atoms with Crippen molar-refractivity contribution in [1.29, 1.82) is 0 Å². The average Bonchev–Trinajstić information content (AvgIpc) is 3.01. The molecular formula is C20H20Nb2O30. The van der Waals surface area contributed by atoms with Crippen LogP contribution in [0.15, 0.2) is 0 Å². The molecule has 0 amide bonds. The van der Waals surface area contributed by atoms with Crippen LogP contribution in [-0.2, 0) is 92.7 Å². The number of carboxylic acid groups (broad SMARTS) is 10. The molecule has 0 bridgehead atoms. The van der Waals surface area contributed by atoms with Gasteiger partial charge >= 0.3 is 44.8 Å². The molecule has 10 unspecified atom stereocenters. The third-order valence-corrected chi connectivity index (χ3v) is 3.91.